The average Bonchev–Trinajstić information content (AvgIpc) is 3.09. The molecule has 0 bridgehead atoms. The van der Waals surface area contributed by atoms with Gasteiger partial charge in [-0.15, -0.1) is 0 Å². The van der Waals surface area contributed by atoms with E-state index in [4.69, 9.17) is 0 Å². The predicted molar refractivity (Wildman–Crippen MR) is 88.8 cm³/mol. The fourth-order valence-electron chi connectivity index (χ4n) is 3.42. The van der Waals surface area contributed by atoms with Crippen molar-refractivity contribution in [2.45, 2.75) is 32.6 Å². The van der Waals surface area contributed by atoms with Crippen molar-refractivity contribution in [3.63, 3.8) is 0 Å². The molecule has 0 saturated carbocycles. The molecule has 2 aliphatic heterocycles. The van der Waals surface area contributed by atoms with E-state index in [-0.39, 0.29) is 11.6 Å². The van der Waals surface area contributed by atoms with Crippen molar-refractivity contribution in [2.24, 2.45) is 5.92 Å². The number of benzene rings is 1. The third-order valence-corrected chi connectivity index (χ3v) is 4.94. The number of likely N-dealkylation sites (tertiary alicyclic amines) is 1. The van der Waals surface area contributed by atoms with E-state index in [0.29, 0.717) is 11.5 Å². The maximum atomic E-state index is 12.8. The fraction of sp³-hybridized carbons (Fsp3) is 0.588. The number of nitro groups is 1. The zero-order valence-electron chi connectivity index (χ0n) is 13.5. The van der Waals surface area contributed by atoms with Gasteiger partial charge in [-0.1, -0.05) is 6.92 Å². The smallest absolute Gasteiger partial charge is 0.270 e. The summed E-state index contributed by atoms with van der Waals surface area (Å²) >= 11 is 0. The number of carbonyl (C=O) groups is 1. The Morgan fingerprint density at radius 3 is 2.43 bits per heavy atom. The monoisotopic (exact) mass is 317 g/mol. The van der Waals surface area contributed by atoms with Gasteiger partial charge in [-0.05, 0) is 37.7 Å². The number of rotatable bonds is 3. The quantitative estimate of drug-likeness (QED) is 0.635. The Balaban J connectivity index is 1.94. The van der Waals surface area contributed by atoms with Crippen molar-refractivity contribution < 1.29 is 9.72 Å². The van der Waals surface area contributed by atoms with Crippen molar-refractivity contribution in [2.75, 3.05) is 31.1 Å². The number of piperidine rings is 1. The van der Waals surface area contributed by atoms with Crippen LogP contribution in [0, 0.1) is 16.0 Å². The lowest BCUT2D eigenvalue weighted by atomic mass is 9.97. The molecule has 1 aromatic rings. The summed E-state index contributed by atoms with van der Waals surface area (Å²) < 4.78 is 0. The number of non-ortho nitro benzene ring substituents is 1. The Kier molecular flexibility index (Phi) is 4.50. The minimum absolute atomic E-state index is 0.0123. The number of nitrogens with zero attached hydrogens (tertiary/aromatic N) is 3. The summed E-state index contributed by atoms with van der Waals surface area (Å²) in [5.41, 5.74) is 1.32. The molecule has 2 aliphatic rings. The van der Waals surface area contributed by atoms with Crippen molar-refractivity contribution in [1.29, 1.82) is 0 Å². The standard InChI is InChI=1S/C17H23N3O3/c1-13-6-10-18(11-7-13)16-5-4-14(20(22)23)12-15(16)17(21)19-8-2-3-9-19/h4-5,12-13H,2-3,6-11H2,1H3. The topological polar surface area (TPSA) is 66.7 Å². The van der Waals surface area contributed by atoms with Crippen molar-refractivity contribution >= 4 is 17.3 Å². The highest BCUT2D eigenvalue weighted by molar-refractivity contribution is 6.00. The molecule has 0 unspecified atom stereocenters. The first kappa shape index (κ1) is 15.8. The second-order valence-electron chi connectivity index (χ2n) is 6.63. The van der Waals surface area contributed by atoms with Crippen LogP contribution in [0.5, 0.6) is 0 Å². The lowest BCUT2D eigenvalue weighted by Gasteiger charge is -2.33. The van der Waals surface area contributed by atoms with Crippen molar-refractivity contribution in [3.8, 4) is 0 Å². The number of hydrogen-bond donors (Lipinski definition) is 0. The Morgan fingerprint density at radius 1 is 1.17 bits per heavy atom. The van der Waals surface area contributed by atoms with Crippen LogP contribution in [0.15, 0.2) is 18.2 Å². The molecule has 6 nitrogen and oxygen atoms in total. The van der Waals surface area contributed by atoms with Gasteiger partial charge in [-0.3, -0.25) is 14.9 Å². The molecule has 1 aromatic carbocycles. The Labute approximate surface area is 136 Å². The first-order chi connectivity index (χ1) is 11.1. The zero-order chi connectivity index (χ0) is 16.4. The molecule has 6 heteroatoms. The minimum Gasteiger partial charge on any atom is -0.371 e. The van der Waals surface area contributed by atoms with Crippen LogP contribution in [0.2, 0.25) is 0 Å². The first-order valence-corrected chi connectivity index (χ1v) is 8.39. The van der Waals surface area contributed by atoms with Crippen LogP contribution >= 0.6 is 0 Å². The van der Waals surface area contributed by atoms with Gasteiger partial charge in [0.15, 0.2) is 0 Å². The van der Waals surface area contributed by atoms with Crippen LogP contribution in [0.25, 0.3) is 0 Å². The maximum absolute atomic E-state index is 12.8. The second-order valence-corrected chi connectivity index (χ2v) is 6.63. The number of anilines is 1. The molecule has 0 aliphatic carbocycles. The summed E-state index contributed by atoms with van der Waals surface area (Å²) in [6.07, 6.45) is 4.21. The van der Waals surface area contributed by atoms with Gasteiger partial charge in [0.2, 0.25) is 0 Å². The van der Waals surface area contributed by atoms with Crippen LogP contribution < -0.4 is 4.90 Å². The highest BCUT2D eigenvalue weighted by atomic mass is 16.6. The van der Waals surface area contributed by atoms with E-state index in [1.165, 1.54) is 12.1 Å². The summed E-state index contributed by atoms with van der Waals surface area (Å²) in [6.45, 7) is 5.54. The van der Waals surface area contributed by atoms with E-state index >= 15 is 0 Å². The molecule has 0 atom stereocenters. The van der Waals surface area contributed by atoms with Gasteiger partial charge in [0.25, 0.3) is 11.6 Å². The molecule has 2 fully saturated rings. The number of hydrogen-bond acceptors (Lipinski definition) is 4. The second kappa shape index (κ2) is 6.56. The van der Waals surface area contributed by atoms with Crippen LogP contribution in [0.3, 0.4) is 0 Å². The van der Waals surface area contributed by atoms with Gasteiger partial charge in [-0.2, -0.15) is 0 Å². The summed E-state index contributed by atoms with van der Waals surface area (Å²) in [5.74, 6) is 0.627. The van der Waals surface area contributed by atoms with E-state index in [2.05, 4.69) is 11.8 Å². The summed E-state index contributed by atoms with van der Waals surface area (Å²) in [7, 11) is 0. The Morgan fingerprint density at radius 2 is 1.83 bits per heavy atom. The molecule has 1 amide bonds. The maximum Gasteiger partial charge on any atom is 0.270 e. The lowest BCUT2D eigenvalue weighted by molar-refractivity contribution is -0.384. The van der Waals surface area contributed by atoms with Crippen LogP contribution in [-0.4, -0.2) is 41.9 Å². The highest BCUT2D eigenvalue weighted by Crippen LogP contribution is 2.30. The molecule has 3 rings (SSSR count). The van der Waals surface area contributed by atoms with E-state index in [1.54, 1.807) is 6.07 Å². The first-order valence-electron chi connectivity index (χ1n) is 8.39. The molecule has 2 heterocycles. The minimum atomic E-state index is -0.428. The van der Waals surface area contributed by atoms with E-state index in [1.807, 2.05) is 4.90 Å². The number of carbonyl (C=O) groups excluding carboxylic acids is 1. The molecule has 0 radical (unpaired) electrons. The van der Waals surface area contributed by atoms with Crippen molar-refractivity contribution in [3.05, 3.63) is 33.9 Å². The largest absolute Gasteiger partial charge is 0.371 e. The lowest BCUT2D eigenvalue weighted by Crippen LogP contribution is -2.35. The van der Waals surface area contributed by atoms with Gasteiger partial charge in [0.1, 0.15) is 0 Å². The van der Waals surface area contributed by atoms with Gasteiger partial charge < -0.3 is 9.80 Å². The Bertz CT molecular complexity index is 603. The molecule has 124 valence electrons. The van der Waals surface area contributed by atoms with E-state index in [9.17, 15) is 14.9 Å². The van der Waals surface area contributed by atoms with E-state index < -0.39 is 4.92 Å². The molecule has 0 aromatic heterocycles. The zero-order valence-corrected chi connectivity index (χ0v) is 13.5. The van der Waals surface area contributed by atoms with Crippen LogP contribution in [0.4, 0.5) is 11.4 Å². The molecule has 0 N–H and O–H groups in total. The van der Waals surface area contributed by atoms with Gasteiger partial charge >= 0.3 is 0 Å². The molecular formula is C17H23N3O3. The van der Waals surface area contributed by atoms with Crippen molar-refractivity contribution in [1.82, 2.24) is 4.90 Å². The molecular weight excluding hydrogens is 294 g/mol. The van der Waals surface area contributed by atoms with Crippen LogP contribution in [-0.2, 0) is 0 Å². The van der Waals surface area contributed by atoms with E-state index in [0.717, 1.165) is 57.5 Å². The number of amides is 1. The summed E-state index contributed by atoms with van der Waals surface area (Å²) in [4.78, 5) is 27.5. The normalized spacial score (nSPS) is 19.2. The molecule has 23 heavy (non-hydrogen) atoms. The third kappa shape index (κ3) is 3.30. The predicted octanol–water partition coefficient (Wildman–Crippen LogP) is 3.07. The Hall–Kier alpha value is -2.11. The SMILES string of the molecule is CC1CCN(c2ccc([N+](=O)[O-])cc2C(=O)N2CCCC2)CC1. The van der Waals surface area contributed by atoms with Gasteiger partial charge in [0, 0.05) is 38.3 Å². The third-order valence-electron chi connectivity index (χ3n) is 4.94. The van der Waals surface area contributed by atoms with Crippen LogP contribution in [0.1, 0.15) is 43.0 Å². The molecule has 2 saturated heterocycles. The highest BCUT2D eigenvalue weighted by Gasteiger charge is 2.27. The summed E-state index contributed by atoms with van der Waals surface area (Å²) in [6, 6.07) is 4.71. The van der Waals surface area contributed by atoms with Gasteiger partial charge in [-0.25, -0.2) is 0 Å². The average molecular weight is 317 g/mol. The molecule has 0 spiro atoms. The van der Waals surface area contributed by atoms with Gasteiger partial charge in [0.05, 0.1) is 16.2 Å². The summed E-state index contributed by atoms with van der Waals surface area (Å²) in [5, 5.41) is 11.1. The number of nitro benzene ring substituents is 1. The fourth-order valence-corrected chi connectivity index (χ4v) is 3.42.